The van der Waals surface area contributed by atoms with Crippen molar-refractivity contribution in [3.05, 3.63) is 46.7 Å². The first-order valence-corrected chi connectivity index (χ1v) is 9.19. The predicted molar refractivity (Wildman–Crippen MR) is 114 cm³/mol. The average Bonchev–Trinajstić information content (AvgIpc) is 2.63. The Morgan fingerprint density at radius 1 is 0.897 bits per heavy atom. The van der Waals surface area contributed by atoms with Gasteiger partial charge in [-0.1, -0.05) is 26.8 Å². The summed E-state index contributed by atoms with van der Waals surface area (Å²) in [4.78, 5) is 36.0. The van der Waals surface area contributed by atoms with E-state index < -0.39 is 11.9 Å². The largest absolute Gasteiger partial charge is 0.465 e. The normalized spacial score (nSPS) is 12.6. The van der Waals surface area contributed by atoms with Crippen molar-refractivity contribution in [1.82, 2.24) is 0 Å². The molecule has 0 radical (unpaired) electrons. The summed E-state index contributed by atoms with van der Waals surface area (Å²) < 4.78 is 9.64. The highest BCUT2D eigenvalue weighted by molar-refractivity contribution is 6.07. The molecule has 2 N–H and O–H groups in total. The van der Waals surface area contributed by atoms with Crippen molar-refractivity contribution in [3.63, 3.8) is 0 Å². The summed E-state index contributed by atoms with van der Waals surface area (Å²) in [7, 11) is 2.49. The Hall–Kier alpha value is -3.09. The van der Waals surface area contributed by atoms with E-state index in [-0.39, 0.29) is 22.5 Å². The minimum atomic E-state index is -0.664. The number of ether oxygens (including phenoxy) is 2. The number of nitrogens with one attached hydrogen (secondary N) is 2. The van der Waals surface area contributed by atoms with E-state index in [1.807, 2.05) is 12.1 Å². The van der Waals surface area contributed by atoms with Crippen molar-refractivity contribution in [2.75, 3.05) is 24.9 Å². The second-order valence-electron chi connectivity index (χ2n) is 7.54. The lowest BCUT2D eigenvalue weighted by Gasteiger charge is -2.22. The molecule has 0 saturated heterocycles. The number of carbonyl (C=O) groups excluding carboxylic acids is 3. The SMILES string of the molecule is C/C=C(C(=O)OC)\C(C(=O)OC)=C(/C)Nc1cc(NC(C)=O)cc(C(C)(C)C)c1. The van der Waals surface area contributed by atoms with Crippen LogP contribution in [0.15, 0.2) is 41.1 Å². The second-order valence-corrected chi connectivity index (χ2v) is 7.54. The predicted octanol–water partition coefficient (Wildman–Crippen LogP) is 3.92. The summed E-state index contributed by atoms with van der Waals surface area (Å²) >= 11 is 0. The molecule has 0 aliphatic carbocycles. The number of anilines is 2. The number of amides is 1. The highest BCUT2D eigenvalue weighted by Crippen LogP contribution is 2.30. The molecule has 1 aromatic rings. The standard InChI is InChI=1S/C22H30N2O5/c1-9-18(20(26)28-7)19(21(27)29-8)13(2)23-16-10-15(22(4,5)6)11-17(12-16)24-14(3)25/h9-12,23H,1-8H3,(H,24,25)/b18-9+,19-13-. The Labute approximate surface area is 172 Å². The highest BCUT2D eigenvalue weighted by atomic mass is 16.5. The van der Waals surface area contributed by atoms with Crippen molar-refractivity contribution in [2.45, 2.75) is 47.0 Å². The van der Waals surface area contributed by atoms with Crippen LogP contribution in [-0.2, 0) is 29.3 Å². The third kappa shape index (κ3) is 6.48. The first-order valence-electron chi connectivity index (χ1n) is 9.19. The molecule has 0 bridgehead atoms. The maximum Gasteiger partial charge on any atom is 0.340 e. The molecule has 29 heavy (non-hydrogen) atoms. The Morgan fingerprint density at radius 2 is 1.41 bits per heavy atom. The summed E-state index contributed by atoms with van der Waals surface area (Å²) in [6.07, 6.45) is 1.50. The topological polar surface area (TPSA) is 93.7 Å². The minimum Gasteiger partial charge on any atom is -0.465 e. The molecule has 7 nitrogen and oxygen atoms in total. The van der Waals surface area contributed by atoms with Gasteiger partial charge in [0.1, 0.15) is 0 Å². The molecule has 0 aliphatic heterocycles. The summed E-state index contributed by atoms with van der Waals surface area (Å²) in [6.45, 7) is 10.9. The van der Waals surface area contributed by atoms with Gasteiger partial charge in [0.05, 0.1) is 25.4 Å². The third-order valence-corrected chi connectivity index (χ3v) is 4.18. The van der Waals surface area contributed by atoms with Gasteiger partial charge >= 0.3 is 11.9 Å². The molecule has 1 rings (SSSR count). The first-order chi connectivity index (χ1) is 13.4. The average molecular weight is 402 g/mol. The molecular formula is C22H30N2O5. The van der Waals surface area contributed by atoms with Crippen LogP contribution in [0.5, 0.6) is 0 Å². The number of hydrogen-bond acceptors (Lipinski definition) is 6. The fraction of sp³-hybridized carbons (Fsp3) is 0.409. The maximum atomic E-state index is 12.4. The molecule has 7 heteroatoms. The highest BCUT2D eigenvalue weighted by Gasteiger charge is 2.25. The van der Waals surface area contributed by atoms with Crippen LogP contribution < -0.4 is 10.6 Å². The second kappa shape index (κ2) is 9.91. The van der Waals surface area contributed by atoms with Gasteiger partial charge in [-0.15, -0.1) is 0 Å². The molecule has 0 aromatic heterocycles. The van der Waals surface area contributed by atoms with Crippen LogP contribution in [-0.4, -0.2) is 32.1 Å². The van der Waals surface area contributed by atoms with Gasteiger partial charge in [-0.05, 0) is 43.0 Å². The lowest BCUT2D eigenvalue weighted by molar-refractivity contribution is -0.139. The summed E-state index contributed by atoms with van der Waals surface area (Å²) in [6, 6.07) is 5.58. The van der Waals surface area contributed by atoms with E-state index in [2.05, 4.69) is 31.4 Å². The number of benzene rings is 1. The minimum absolute atomic E-state index is 0.0732. The Bertz CT molecular complexity index is 860. The van der Waals surface area contributed by atoms with E-state index in [4.69, 9.17) is 9.47 Å². The van der Waals surface area contributed by atoms with Gasteiger partial charge < -0.3 is 20.1 Å². The van der Waals surface area contributed by atoms with E-state index in [0.29, 0.717) is 17.1 Å². The molecule has 1 aromatic carbocycles. The van der Waals surface area contributed by atoms with Crippen molar-refractivity contribution in [3.8, 4) is 0 Å². The molecule has 0 unspecified atom stereocenters. The smallest absolute Gasteiger partial charge is 0.340 e. The van der Waals surface area contributed by atoms with Gasteiger partial charge in [-0.25, -0.2) is 9.59 Å². The summed E-state index contributed by atoms with van der Waals surface area (Å²) in [5.74, 6) is -1.49. The van der Waals surface area contributed by atoms with Crippen molar-refractivity contribution in [1.29, 1.82) is 0 Å². The fourth-order valence-corrected chi connectivity index (χ4v) is 2.73. The molecule has 158 valence electrons. The zero-order valence-corrected chi connectivity index (χ0v) is 18.4. The number of rotatable bonds is 6. The quantitative estimate of drug-likeness (QED) is 0.426. The summed E-state index contributed by atoms with van der Waals surface area (Å²) in [5.41, 5.74) is 2.67. The van der Waals surface area contributed by atoms with Crippen LogP contribution in [0.25, 0.3) is 0 Å². The van der Waals surface area contributed by atoms with Crippen LogP contribution in [0.1, 0.15) is 47.1 Å². The van der Waals surface area contributed by atoms with Crippen molar-refractivity contribution >= 4 is 29.2 Å². The molecule has 0 atom stereocenters. The molecule has 0 saturated carbocycles. The number of hydrogen-bond donors (Lipinski definition) is 2. The van der Waals surface area contributed by atoms with E-state index in [0.717, 1.165) is 5.56 Å². The van der Waals surface area contributed by atoms with Gasteiger partial charge in [0.15, 0.2) is 0 Å². The first kappa shape index (κ1) is 23.9. The van der Waals surface area contributed by atoms with E-state index in [1.165, 1.54) is 27.2 Å². The fourth-order valence-electron chi connectivity index (χ4n) is 2.73. The Morgan fingerprint density at radius 3 is 1.83 bits per heavy atom. The maximum absolute atomic E-state index is 12.4. The lowest BCUT2D eigenvalue weighted by atomic mass is 9.86. The van der Waals surface area contributed by atoms with Gasteiger partial charge in [-0.2, -0.15) is 0 Å². The molecule has 0 spiro atoms. The zero-order valence-electron chi connectivity index (χ0n) is 18.4. The van der Waals surface area contributed by atoms with Crippen LogP contribution in [0, 0.1) is 0 Å². The molecule has 1 amide bonds. The van der Waals surface area contributed by atoms with Crippen LogP contribution >= 0.6 is 0 Å². The van der Waals surface area contributed by atoms with Crippen LogP contribution in [0.4, 0.5) is 11.4 Å². The molecule has 0 aliphatic rings. The van der Waals surface area contributed by atoms with E-state index >= 15 is 0 Å². The summed E-state index contributed by atoms with van der Waals surface area (Å²) in [5, 5.41) is 5.94. The number of methoxy groups -OCH3 is 2. The van der Waals surface area contributed by atoms with Gasteiger partial charge in [-0.3, -0.25) is 4.79 Å². The molecule has 0 heterocycles. The zero-order chi connectivity index (χ0) is 22.4. The monoisotopic (exact) mass is 402 g/mol. The molecular weight excluding hydrogens is 372 g/mol. The van der Waals surface area contributed by atoms with Crippen molar-refractivity contribution in [2.24, 2.45) is 0 Å². The van der Waals surface area contributed by atoms with Gasteiger partial charge in [0.25, 0.3) is 0 Å². The van der Waals surface area contributed by atoms with Crippen LogP contribution in [0.2, 0.25) is 0 Å². The third-order valence-electron chi connectivity index (χ3n) is 4.18. The van der Waals surface area contributed by atoms with Gasteiger partial charge in [0, 0.05) is 24.0 Å². The van der Waals surface area contributed by atoms with Gasteiger partial charge in [0.2, 0.25) is 5.91 Å². The van der Waals surface area contributed by atoms with Crippen molar-refractivity contribution < 1.29 is 23.9 Å². The van der Waals surface area contributed by atoms with E-state index in [1.54, 1.807) is 19.9 Å². The molecule has 0 fully saturated rings. The Kier molecular flexibility index (Phi) is 8.18. The van der Waals surface area contributed by atoms with E-state index in [9.17, 15) is 14.4 Å². The number of carbonyl (C=O) groups is 3. The lowest BCUT2D eigenvalue weighted by Crippen LogP contribution is -2.19. The number of allylic oxidation sites excluding steroid dienone is 2. The number of esters is 2. The van der Waals surface area contributed by atoms with Crippen LogP contribution in [0.3, 0.4) is 0 Å². The Balaban J connectivity index is 3.54.